The molecule has 1 aliphatic carbocycles. The first-order valence-corrected chi connectivity index (χ1v) is 7.27. The molecule has 0 spiro atoms. The van der Waals surface area contributed by atoms with E-state index < -0.39 is 0 Å². The van der Waals surface area contributed by atoms with E-state index in [1.54, 1.807) is 0 Å². The molecule has 0 unspecified atom stereocenters. The Balaban J connectivity index is 2.19. The van der Waals surface area contributed by atoms with Crippen molar-refractivity contribution >= 4 is 11.5 Å². The van der Waals surface area contributed by atoms with Crippen LogP contribution in [-0.4, -0.2) is 5.78 Å². The summed E-state index contributed by atoms with van der Waals surface area (Å²) in [5, 5.41) is 3.82. The third-order valence-electron chi connectivity index (χ3n) is 3.89. The van der Waals surface area contributed by atoms with E-state index in [1.807, 2.05) is 54.6 Å². The first kappa shape index (κ1) is 14.1. The maximum atomic E-state index is 12.9. The predicted octanol–water partition coefficient (Wildman–Crippen LogP) is 4.93. The van der Waals surface area contributed by atoms with Crippen molar-refractivity contribution in [2.75, 3.05) is 0 Å². The summed E-state index contributed by atoms with van der Waals surface area (Å²) < 4.78 is 0. The number of allylic oxidation sites excluding steroid dienone is 1. The first-order valence-electron chi connectivity index (χ1n) is 7.27. The van der Waals surface area contributed by atoms with Gasteiger partial charge in [0.2, 0.25) is 0 Å². The molecule has 2 aromatic rings. The van der Waals surface area contributed by atoms with Gasteiger partial charge in [-0.3, -0.25) is 4.79 Å². The van der Waals surface area contributed by atoms with Crippen molar-refractivity contribution in [1.82, 2.24) is 0 Å². The molecule has 0 radical (unpaired) electrons. The van der Waals surface area contributed by atoms with Gasteiger partial charge in [0, 0.05) is 16.0 Å². The second kappa shape index (κ2) is 6.29. The molecule has 0 N–H and O–H groups in total. The van der Waals surface area contributed by atoms with Crippen molar-refractivity contribution < 1.29 is 4.79 Å². The molecule has 0 atom stereocenters. The van der Waals surface area contributed by atoms with Crippen molar-refractivity contribution in [2.24, 2.45) is 5.11 Å². The minimum absolute atomic E-state index is 0.0284. The molecule has 4 heteroatoms. The Morgan fingerprint density at radius 2 is 1.73 bits per heavy atom. The van der Waals surface area contributed by atoms with E-state index in [0.29, 0.717) is 17.7 Å². The van der Waals surface area contributed by atoms with Gasteiger partial charge in [-0.05, 0) is 35.9 Å². The number of aryl methyl sites for hydroxylation is 1. The summed E-state index contributed by atoms with van der Waals surface area (Å²) >= 11 is 0. The molecule has 2 aromatic carbocycles. The number of azide groups is 1. The molecule has 0 saturated carbocycles. The van der Waals surface area contributed by atoms with E-state index in [0.717, 1.165) is 29.5 Å². The smallest absolute Gasteiger partial charge is 0.189 e. The normalized spacial score (nSPS) is 16.3. The summed E-state index contributed by atoms with van der Waals surface area (Å²) in [5.41, 5.74) is 12.5. The Kier molecular flexibility index (Phi) is 4.03. The van der Waals surface area contributed by atoms with E-state index in [9.17, 15) is 4.79 Å². The Labute approximate surface area is 128 Å². The zero-order chi connectivity index (χ0) is 15.4. The summed E-state index contributed by atoms with van der Waals surface area (Å²) in [5.74, 6) is -0.0284. The van der Waals surface area contributed by atoms with Gasteiger partial charge in [-0.25, -0.2) is 0 Å². The molecule has 0 aliphatic heterocycles. The van der Waals surface area contributed by atoms with Gasteiger partial charge in [0.15, 0.2) is 5.78 Å². The number of Topliss-reactive ketones (excluding diaryl/α,β-unsaturated/α-hetero) is 1. The van der Waals surface area contributed by atoms with Crippen LogP contribution in [0.2, 0.25) is 0 Å². The fourth-order valence-electron chi connectivity index (χ4n) is 2.85. The number of benzene rings is 2. The molecule has 0 amide bonds. The summed E-state index contributed by atoms with van der Waals surface area (Å²) in [6.07, 6.45) is 2.36. The number of rotatable bonds is 2. The van der Waals surface area contributed by atoms with Crippen LogP contribution in [0.3, 0.4) is 0 Å². The molecular formula is C18H15N3O. The lowest BCUT2D eigenvalue weighted by molar-refractivity contribution is 0.103. The molecule has 0 bridgehead atoms. The van der Waals surface area contributed by atoms with Crippen LogP contribution in [-0.2, 0) is 6.42 Å². The second-order valence-corrected chi connectivity index (χ2v) is 5.22. The number of fused-ring (bicyclic) bond motifs is 1. The van der Waals surface area contributed by atoms with E-state index in [4.69, 9.17) is 5.53 Å². The van der Waals surface area contributed by atoms with E-state index in [1.165, 1.54) is 0 Å². The van der Waals surface area contributed by atoms with E-state index in [2.05, 4.69) is 10.0 Å². The second-order valence-electron chi connectivity index (χ2n) is 5.22. The first-order chi connectivity index (χ1) is 10.8. The van der Waals surface area contributed by atoms with Gasteiger partial charge in [-0.2, -0.15) is 0 Å². The van der Waals surface area contributed by atoms with Gasteiger partial charge in [0.05, 0.1) is 5.70 Å². The maximum absolute atomic E-state index is 12.9. The van der Waals surface area contributed by atoms with Crippen molar-refractivity contribution in [1.29, 1.82) is 0 Å². The van der Waals surface area contributed by atoms with Crippen LogP contribution < -0.4 is 0 Å². The van der Waals surface area contributed by atoms with Gasteiger partial charge in [0.1, 0.15) is 0 Å². The topological polar surface area (TPSA) is 65.8 Å². The summed E-state index contributed by atoms with van der Waals surface area (Å²) in [6.45, 7) is 0. The van der Waals surface area contributed by atoms with Crippen LogP contribution in [0.5, 0.6) is 0 Å². The van der Waals surface area contributed by atoms with E-state index in [-0.39, 0.29) is 5.78 Å². The number of ketones is 1. The van der Waals surface area contributed by atoms with Gasteiger partial charge in [-0.15, -0.1) is 0 Å². The third-order valence-corrected chi connectivity index (χ3v) is 3.89. The van der Waals surface area contributed by atoms with Crippen LogP contribution >= 0.6 is 0 Å². The Morgan fingerprint density at radius 3 is 2.50 bits per heavy atom. The summed E-state index contributed by atoms with van der Waals surface area (Å²) in [4.78, 5) is 15.8. The van der Waals surface area contributed by atoms with Crippen molar-refractivity contribution in [3.63, 3.8) is 0 Å². The van der Waals surface area contributed by atoms with Crippen molar-refractivity contribution in [2.45, 2.75) is 19.3 Å². The fraction of sp³-hybridized carbons (Fsp3) is 0.167. The van der Waals surface area contributed by atoms with Gasteiger partial charge in [0.25, 0.3) is 0 Å². The average molecular weight is 289 g/mol. The summed E-state index contributed by atoms with van der Waals surface area (Å²) in [7, 11) is 0. The highest BCUT2D eigenvalue weighted by Crippen LogP contribution is 2.31. The Bertz CT molecular complexity index is 787. The molecule has 0 aromatic heterocycles. The highest BCUT2D eigenvalue weighted by atomic mass is 16.1. The fourth-order valence-corrected chi connectivity index (χ4v) is 2.85. The minimum atomic E-state index is -0.0284. The van der Waals surface area contributed by atoms with Crippen LogP contribution in [0.25, 0.3) is 16.1 Å². The molecule has 0 heterocycles. The Hall–Kier alpha value is -2.84. The molecule has 3 rings (SSSR count). The van der Waals surface area contributed by atoms with Crippen molar-refractivity contribution in [3.8, 4) is 0 Å². The number of carbonyl (C=O) groups is 1. The Morgan fingerprint density at radius 1 is 1.00 bits per heavy atom. The van der Waals surface area contributed by atoms with Gasteiger partial charge in [-0.1, -0.05) is 59.7 Å². The minimum Gasteiger partial charge on any atom is -0.289 e. The predicted molar refractivity (Wildman–Crippen MR) is 86.2 cm³/mol. The molecule has 4 nitrogen and oxygen atoms in total. The average Bonchev–Trinajstić information content (AvgIpc) is 2.73. The number of carbonyl (C=O) groups excluding carboxylic acids is 1. The maximum Gasteiger partial charge on any atom is 0.189 e. The number of hydrogen-bond donors (Lipinski definition) is 0. The lowest BCUT2D eigenvalue weighted by Gasteiger charge is -2.09. The molecule has 108 valence electrons. The number of hydrogen-bond acceptors (Lipinski definition) is 2. The quantitative estimate of drug-likeness (QED) is 0.254. The van der Waals surface area contributed by atoms with E-state index >= 15 is 0 Å². The molecule has 0 fully saturated rings. The highest BCUT2D eigenvalue weighted by Gasteiger charge is 2.22. The lowest BCUT2D eigenvalue weighted by Crippen LogP contribution is -2.05. The summed E-state index contributed by atoms with van der Waals surface area (Å²) in [6, 6.07) is 17.0. The van der Waals surface area contributed by atoms with Crippen LogP contribution in [0.4, 0.5) is 0 Å². The largest absolute Gasteiger partial charge is 0.289 e. The molecular weight excluding hydrogens is 274 g/mol. The van der Waals surface area contributed by atoms with Crippen LogP contribution in [0.1, 0.15) is 34.3 Å². The monoisotopic (exact) mass is 289 g/mol. The molecule has 1 aliphatic rings. The third kappa shape index (κ3) is 2.65. The number of nitrogens with zero attached hydrogens (tertiary/aromatic N) is 3. The SMILES string of the molecule is [N-]=[N+]=N/C(=C1\CCCc2ccccc2C1=O)c1ccccc1. The zero-order valence-corrected chi connectivity index (χ0v) is 12.1. The highest BCUT2D eigenvalue weighted by molar-refractivity contribution is 6.14. The van der Waals surface area contributed by atoms with Crippen LogP contribution in [0, 0.1) is 0 Å². The molecule has 0 saturated heterocycles. The molecule has 22 heavy (non-hydrogen) atoms. The van der Waals surface area contributed by atoms with Gasteiger partial charge < -0.3 is 0 Å². The van der Waals surface area contributed by atoms with Gasteiger partial charge >= 0.3 is 0 Å². The lowest BCUT2D eigenvalue weighted by atomic mass is 9.96. The van der Waals surface area contributed by atoms with Crippen molar-refractivity contribution in [3.05, 3.63) is 87.3 Å². The van der Waals surface area contributed by atoms with Crippen LogP contribution in [0.15, 0.2) is 65.3 Å². The zero-order valence-electron chi connectivity index (χ0n) is 12.1. The standard InChI is InChI=1S/C18H15N3O/c19-21-20-17(14-8-2-1-3-9-14)16-12-6-10-13-7-4-5-11-15(13)18(16)22/h1-5,7-9,11H,6,10,12H2/b17-16+.